The van der Waals surface area contributed by atoms with Gasteiger partial charge in [-0.25, -0.2) is 0 Å². The molecule has 1 fully saturated rings. The van der Waals surface area contributed by atoms with Crippen LogP contribution in [0.15, 0.2) is 28.7 Å². The maximum Gasteiger partial charge on any atom is 0.177 e. The van der Waals surface area contributed by atoms with E-state index in [1.54, 1.807) is 0 Å². The van der Waals surface area contributed by atoms with Crippen LogP contribution in [0.5, 0.6) is 0 Å². The smallest absolute Gasteiger partial charge is 0.177 e. The van der Waals surface area contributed by atoms with Crippen molar-refractivity contribution in [1.29, 1.82) is 0 Å². The number of likely N-dealkylation sites (N-methyl/N-ethyl adjacent to an activating group) is 1. The summed E-state index contributed by atoms with van der Waals surface area (Å²) in [7, 11) is 2.08. The van der Waals surface area contributed by atoms with Gasteiger partial charge in [-0.1, -0.05) is 53.9 Å². The van der Waals surface area contributed by atoms with Gasteiger partial charge in [0, 0.05) is 16.1 Å². The Morgan fingerprint density at radius 3 is 2.68 bits per heavy atom. The third-order valence-electron chi connectivity index (χ3n) is 4.20. The van der Waals surface area contributed by atoms with Crippen molar-refractivity contribution in [3.05, 3.63) is 34.3 Å². The van der Waals surface area contributed by atoms with Gasteiger partial charge in [-0.3, -0.25) is 9.69 Å². The molecule has 0 radical (unpaired) electrons. The lowest BCUT2D eigenvalue weighted by atomic mass is 9.85. The van der Waals surface area contributed by atoms with Crippen LogP contribution in [0.25, 0.3) is 0 Å². The lowest BCUT2D eigenvalue weighted by molar-refractivity contribution is 0.0850. The Hall–Kier alpha value is -0.670. The normalized spacial score (nSPS) is 23.6. The Morgan fingerprint density at radius 1 is 1.32 bits per heavy atom. The topological polar surface area (TPSA) is 20.3 Å². The molecule has 104 valence electrons. The van der Waals surface area contributed by atoms with Crippen molar-refractivity contribution in [3.63, 3.8) is 0 Å². The molecule has 0 heterocycles. The summed E-state index contributed by atoms with van der Waals surface area (Å²) in [5.41, 5.74) is 0.790. The molecule has 2 unspecified atom stereocenters. The lowest BCUT2D eigenvalue weighted by Gasteiger charge is -2.35. The standard InChI is InChI=1S/C16H22BrNO/c1-12-7-3-6-10-15(12)18(2)11-16(19)13-8-4-5-9-14(13)17/h4-5,8-9,12,15H,3,6-7,10-11H2,1-2H3. The highest BCUT2D eigenvalue weighted by molar-refractivity contribution is 9.10. The van der Waals surface area contributed by atoms with Gasteiger partial charge in [0.25, 0.3) is 0 Å². The molecule has 2 nitrogen and oxygen atoms in total. The number of benzene rings is 1. The first-order valence-electron chi connectivity index (χ1n) is 7.07. The average molecular weight is 324 g/mol. The maximum absolute atomic E-state index is 12.4. The Bertz CT molecular complexity index is 446. The van der Waals surface area contributed by atoms with Crippen LogP contribution in [-0.4, -0.2) is 30.3 Å². The Balaban J connectivity index is 2.00. The van der Waals surface area contributed by atoms with Crippen LogP contribution >= 0.6 is 15.9 Å². The molecule has 0 spiro atoms. The first kappa shape index (κ1) is 14.7. The minimum absolute atomic E-state index is 0.202. The molecular weight excluding hydrogens is 302 g/mol. The monoisotopic (exact) mass is 323 g/mol. The molecule has 2 atom stereocenters. The highest BCUT2D eigenvalue weighted by Crippen LogP contribution is 2.27. The Labute approximate surface area is 124 Å². The van der Waals surface area contributed by atoms with E-state index in [4.69, 9.17) is 0 Å². The van der Waals surface area contributed by atoms with Crippen LogP contribution in [0.4, 0.5) is 0 Å². The van der Waals surface area contributed by atoms with Crippen molar-refractivity contribution in [2.75, 3.05) is 13.6 Å². The number of ketones is 1. The van der Waals surface area contributed by atoms with Gasteiger partial charge in [0.15, 0.2) is 5.78 Å². The minimum Gasteiger partial charge on any atom is -0.296 e. The fourth-order valence-electron chi connectivity index (χ4n) is 3.07. The molecular formula is C16H22BrNO. The molecule has 1 aromatic carbocycles. The van der Waals surface area contributed by atoms with Crippen LogP contribution in [0.2, 0.25) is 0 Å². The summed E-state index contributed by atoms with van der Waals surface area (Å²) in [6.07, 6.45) is 5.14. The van der Waals surface area contributed by atoms with Crippen LogP contribution in [0.1, 0.15) is 43.0 Å². The van der Waals surface area contributed by atoms with Gasteiger partial charge in [0.2, 0.25) is 0 Å². The number of nitrogens with zero attached hydrogens (tertiary/aromatic N) is 1. The summed E-state index contributed by atoms with van der Waals surface area (Å²) in [6.45, 7) is 2.82. The second kappa shape index (κ2) is 6.67. The number of carbonyl (C=O) groups excluding carboxylic acids is 1. The molecule has 2 rings (SSSR count). The number of hydrogen-bond donors (Lipinski definition) is 0. The van der Waals surface area contributed by atoms with Crippen molar-refractivity contribution in [3.8, 4) is 0 Å². The first-order chi connectivity index (χ1) is 9.09. The van der Waals surface area contributed by atoms with Gasteiger partial charge >= 0.3 is 0 Å². The molecule has 1 aliphatic rings. The maximum atomic E-state index is 12.4. The SMILES string of the molecule is CC1CCCCC1N(C)CC(=O)c1ccccc1Br. The third-order valence-corrected chi connectivity index (χ3v) is 4.89. The van der Waals surface area contributed by atoms with Gasteiger partial charge in [0.05, 0.1) is 6.54 Å². The van der Waals surface area contributed by atoms with Crippen LogP contribution in [0, 0.1) is 5.92 Å². The number of rotatable bonds is 4. The zero-order valence-corrected chi connectivity index (χ0v) is 13.3. The highest BCUT2D eigenvalue weighted by Gasteiger charge is 2.26. The fraction of sp³-hybridized carbons (Fsp3) is 0.562. The van der Waals surface area contributed by atoms with E-state index in [1.165, 1.54) is 25.7 Å². The largest absolute Gasteiger partial charge is 0.296 e. The zero-order valence-electron chi connectivity index (χ0n) is 11.7. The summed E-state index contributed by atoms with van der Waals surface area (Å²) in [5.74, 6) is 0.901. The van der Waals surface area contributed by atoms with Gasteiger partial charge in [-0.05, 0) is 31.9 Å². The van der Waals surface area contributed by atoms with E-state index in [-0.39, 0.29) is 5.78 Å². The van der Waals surface area contributed by atoms with Crippen molar-refractivity contribution >= 4 is 21.7 Å². The molecule has 0 bridgehead atoms. The first-order valence-corrected chi connectivity index (χ1v) is 7.87. The van der Waals surface area contributed by atoms with Crippen molar-refractivity contribution in [1.82, 2.24) is 4.90 Å². The molecule has 0 aromatic heterocycles. The van der Waals surface area contributed by atoms with Gasteiger partial charge in [0.1, 0.15) is 0 Å². The summed E-state index contributed by atoms with van der Waals surface area (Å²) >= 11 is 3.46. The lowest BCUT2D eigenvalue weighted by Crippen LogP contribution is -2.41. The Kier molecular flexibility index (Phi) is 5.17. The molecule has 0 amide bonds. The van der Waals surface area contributed by atoms with E-state index in [1.807, 2.05) is 24.3 Å². The van der Waals surface area contributed by atoms with Crippen molar-refractivity contribution < 1.29 is 4.79 Å². The van der Waals surface area contributed by atoms with Gasteiger partial charge in [-0.2, -0.15) is 0 Å². The molecule has 1 saturated carbocycles. The summed E-state index contributed by atoms with van der Waals surface area (Å²) in [5, 5.41) is 0. The van der Waals surface area contributed by atoms with E-state index in [0.717, 1.165) is 10.0 Å². The van der Waals surface area contributed by atoms with E-state index in [2.05, 4.69) is 34.8 Å². The second-order valence-electron chi connectivity index (χ2n) is 5.65. The molecule has 3 heteroatoms. The zero-order chi connectivity index (χ0) is 13.8. The predicted octanol–water partition coefficient (Wildman–Crippen LogP) is 4.14. The van der Waals surface area contributed by atoms with Gasteiger partial charge < -0.3 is 0 Å². The Morgan fingerprint density at radius 2 is 2.00 bits per heavy atom. The second-order valence-corrected chi connectivity index (χ2v) is 6.50. The summed E-state index contributed by atoms with van der Waals surface area (Å²) in [6, 6.07) is 8.23. The third kappa shape index (κ3) is 3.67. The van der Waals surface area contributed by atoms with Gasteiger partial charge in [-0.15, -0.1) is 0 Å². The molecule has 1 aromatic rings. The average Bonchev–Trinajstić information content (AvgIpc) is 2.39. The number of Topliss-reactive ketones (excluding diaryl/α,β-unsaturated/α-hetero) is 1. The molecule has 0 aliphatic heterocycles. The van der Waals surface area contributed by atoms with E-state index in [0.29, 0.717) is 18.5 Å². The predicted molar refractivity (Wildman–Crippen MR) is 82.5 cm³/mol. The van der Waals surface area contributed by atoms with E-state index in [9.17, 15) is 4.79 Å². The molecule has 19 heavy (non-hydrogen) atoms. The summed E-state index contributed by atoms with van der Waals surface area (Å²) < 4.78 is 0.894. The van der Waals surface area contributed by atoms with E-state index >= 15 is 0 Å². The van der Waals surface area contributed by atoms with Crippen molar-refractivity contribution in [2.45, 2.75) is 38.6 Å². The number of carbonyl (C=O) groups is 1. The van der Waals surface area contributed by atoms with Crippen molar-refractivity contribution in [2.24, 2.45) is 5.92 Å². The minimum atomic E-state index is 0.202. The summed E-state index contributed by atoms with van der Waals surface area (Å²) in [4.78, 5) is 14.6. The fourth-order valence-corrected chi connectivity index (χ4v) is 3.57. The molecule has 1 aliphatic carbocycles. The number of halogens is 1. The quantitative estimate of drug-likeness (QED) is 0.776. The van der Waals surface area contributed by atoms with Crippen LogP contribution in [-0.2, 0) is 0 Å². The molecule has 0 saturated heterocycles. The molecule has 0 N–H and O–H groups in total. The van der Waals surface area contributed by atoms with E-state index < -0.39 is 0 Å². The van der Waals surface area contributed by atoms with Crippen LogP contribution < -0.4 is 0 Å². The highest BCUT2D eigenvalue weighted by atomic mass is 79.9. The van der Waals surface area contributed by atoms with Crippen LogP contribution in [0.3, 0.4) is 0 Å². The number of hydrogen-bond acceptors (Lipinski definition) is 2.